The zero-order valence-electron chi connectivity index (χ0n) is 14.1. The van der Waals surface area contributed by atoms with E-state index in [1.165, 1.54) is 0 Å². The fourth-order valence-electron chi connectivity index (χ4n) is 3.48. The Hall–Kier alpha value is -3.42. The highest BCUT2D eigenvalue weighted by Crippen LogP contribution is 2.35. The maximum atomic E-state index is 13.2. The second kappa shape index (κ2) is 5.55. The van der Waals surface area contributed by atoms with Crippen LogP contribution in [-0.2, 0) is 13.5 Å². The van der Waals surface area contributed by atoms with Crippen molar-refractivity contribution in [3.05, 3.63) is 65.8 Å². The maximum Gasteiger partial charge on any atom is 0.273 e. The van der Waals surface area contributed by atoms with E-state index in [2.05, 4.69) is 20.1 Å². The topological polar surface area (TPSA) is 92.8 Å². The molecule has 26 heavy (non-hydrogen) atoms. The van der Waals surface area contributed by atoms with Crippen molar-refractivity contribution in [2.75, 3.05) is 6.54 Å². The molecular formula is C18H16N6O2. The Bertz CT molecular complexity index is 1070. The third-order valence-corrected chi connectivity index (χ3v) is 4.77. The Labute approximate surface area is 148 Å². The van der Waals surface area contributed by atoms with E-state index in [0.717, 1.165) is 16.9 Å². The summed E-state index contributed by atoms with van der Waals surface area (Å²) < 4.78 is 7.56. The quantitative estimate of drug-likeness (QED) is 0.599. The molecule has 0 bridgehead atoms. The minimum Gasteiger partial charge on any atom is -0.438 e. The fourth-order valence-corrected chi connectivity index (χ4v) is 3.48. The van der Waals surface area contributed by atoms with Gasteiger partial charge in [-0.15, -0.1) is 0 Å². The van der Waals surface area contributed by atoms with Crippen LogP contribution in [0.3, 0.4) is 0 Å². The van der Waals surface area contributed by atoms with Crippen molar-refractivity contribution in [2.45, 2.75) is 12.5 Å². The number of aromatic amines is 1. The van der Waals surface area contributed by atoms with Crippen molar-refractivity contribution >= 4 is 17.0 Å². The van der Waals surface area contributed by atoms with Crippen molar-refractivity contribution in [1.29, 1.82) is 0 Å². The van der Waals surface area contributed by atoms with Crippen LogP contribution in [-0.4, -0.2) is 42.1 Å². The molecule has 0 radical (unpaired) electrons. The Balaban J connectivity index is 1.64. The van der Waals surface area contributed by atoms with Crippen LogP contribution in [0.1, 0.15) is 33.8 Å². The average Bonchev–Trinajstić information content (AvgIpc) is 3.38. The van der Waals surface area contributed by atoms with Gasteiger partial charge in [0.25, 0.3) is 5.91 Å². The molecule has 4 heterocycles. The summed E-state index contributed by atoms with van der Waals surface area (Å²) in [6, 6.07) is 8.81. The number of para-hydroxylation sites is 2. The Morgan fingerprint density at radius 2 is 2.19 bits per heavy atom. The van der Waals surface area contributed by atoms with E-state index in [0.29, 0.717) is 30.1 Å². The number of hydrogen-bond acceptors (Lipinski definition) is 5. The van der Waals surface area contributed by atoms with Gasteiger partial charge in [-0.1, -0.05) is 12.1 Å². The lowest BCUT2D eigenvalue weighted by Gasteiger charge is -2.32. The standard InChI is InChI=1S/C18H16N6O2/c1-23-13(6-8-21-23)18(25)24-9-7-12-15(20-10-19-12)16(24)17-22-11-4-2-3-5-14(11)26-17/h2-6,8,10,16H,7,9H2,1H3,(H,19,20)/t16-/m0/s1. The predicted octanol–water partition coefficient (Wildman–Crippen LogP) is 2.07. The van der Waals surface area contributed by atoms with Gasteiger partial charge >= 0.3 is 0 Å². The minimum absolute atomic E-state index is 0.120. The van der Waals surface area contributed by atoms with Crippen molar-refractivity contribution in [3.63, 3.8) is 0 Å². The average molecular weight is 348 g/mol. The van der Waals surface area contributed by atoms with Gasteiger partial charge in [-0.3, -0.25) is 9.48 Å². The van der Waals surface area contributed by atoms with Crippen LogP contribution in [0.5, 0.6) is 0 Å². The number of benzene rings is 1. The van der Waals surface area contributed by atoms with Crippen LogP contribution >= 0.6 is 0 Å². The van der Waals surface area contributed by atoms with Crippen LogP contribution in [0.4, 0.5) is 0 Å². The Kier molecular flexibility index (Phi) is 3.18. The van der Waals surface area contributed by atoms with Crippen LogP contribution in [0.15, 0.2) is 47.3 Å². The normalized spacial score (nSPS) is 16.8. The molecule has 8 heteroatoms. The molecule has 0 spiro atoms. The first-order valence-electron chi connectivity index (χ1n) is 8.39. The van der Waals surface area contributed by atoms with E-state index < -0.39 is 6.04 Å². The van der Waals surface area contributed by atoms with E-state index >= 15 is 0 Å². The van der Waals surface area contributed by atoms with Gasteiger partial charge in [-0.05, 0) is 18.2 Å². The molecule has 3 aromatic heterocycles. The number of aromatic nitrogens is 5. The lowest BCUT2D eigenvalue weighted by Crippen LogP contribution is -2.41. The highest BCUT2D eigenvalue weighted by Gasteiger charge is 2.38. The first kappa shape index (κ1) is 14.9. The fraction of sp³-hybridized carbons (Fsp3) is 0.222. The summed E-state index contributed by atoms with van der Waals surface area (Å²) in [6.07, 6.45) is 3.97. The van der Waals surface area contributed by atoms with Crippen LogP contribution < -0.4 is 0 Å². The number of H-pyrrole nitrogens is 1. The van der Waals surface area contributed by atoms with Crippen molar-refractivity contribution in [1.82, 2.24) is 29.6 Å². The number of nitrogens with one attached hydrogen (secondary N) is 1. The number of carbonyl (C=O) groups is 1. The predicted molar refractivity (Wildman–Crippen MR) is 92.4 cm³/mol. The van der Waals surface area contributed by atoms with E-state index in [4.69, 9.17) is 4.42 Å². The number of rotatable bonds is 2. The van der Waals surface area contributed by atoms with Crippen molar-refractivity contribution in [3.8, 4) is 0 Å². The monoisotopic (exact) mass is 348 g/mol. The van der Waals surface area contributed by atoms with Crippen LogP contribution in [0, 0.1) is 0 Å². The van der Waals surface area contributed by atoms with Gasteiger partial charge in [0.1, 0.15) is 11.2 Å². The largest absolute Gasteiger partial charge is 0.438 e. The number of imidazole rings is 1. The van der Waals surface area contributed by atoms with Crippen LogP contribution in [0.2, 0.25) is 0 Å². The lowest BCUT2D eigenvalue weighted by molar-refractivity contribution is 0.0656. The molecule has 1 N–H and O–H groups in total. The molecule has 1 atom stereocenters. The molecule has 0 saturated heterocycles. The summed E-state index contributed by atoms with van der Waals surface area (Å²) in [5, 5.41) is 4.11. The zero-order valence-corrected chi connectivity index (χ0v) is 14.1. The molecule has 0 fully saturated rings. The first-order valence-corrected chi connectivity index (χ1v) is 8.39. The summed E-state index contributed by atoms with van der Waals surface area (Å²) >= 11 is 0. The van der Waals surface area contributed by atoms with Gasteiger partial charge in [-0.25, -0.2) is 9.97 Å². The number of aryl methyl sites for hydroxylation is 1. The molecule has 8 nitrogen and oxygen atoms in total. The van der Waals surface area contributed by atoms with Crippen molar-refractivity contribution < 1.29 is 9.21 Å². The first-order chi connectivity index (χ1) is 12.7. The minimum atomic E-state index is -0.472. The van der Waals surface area contributed by atoms with Gasteiger partial charge in [0.05, 0.1) is 12.0 Å². The smallest absolute Gasteiger partial charge is 0.273 e. The summed E-state index contributed by atoms with van der Waals surface area (Å²) in [5.41, 5.74) is 3.76. The molecule has 1 aliphatic rings. The van der Waals surface area contributed by atoms with E-state index in [-0.39, 0.29) is 5.91 Å². The van der Waals surface area contributed by atoms with Gasteiger partial charge in [0.15, 0.2) is 11.6 Å². The molecule has 1 aliphatic heterocycles. The van der Waals surface area contributed by atoms with E-state index in [9.17, 15) is 4.79 Å². The number of oxazole rings is 1. The molecule has 130 valence electrons. The maximum absolute atomic E-state index is 13.2. The van der Waals surface area contributed by atoms with Crippen molar-refractivity contribution in [2.24, 2.45) is 7.05 Å². The molecule has 0 unspecified atom stereocenters. The molecule has 0 saturated carbocycles. The number of nitrogens with zero attached hydrogens (tertiary/aromatic N) is 5. The molecular weight excluding hydrogens is 332 g/mol. The van der Waals surface area contributed by atoms with Gasteiger partial charge in [0.2, 0.25) is 5.89 Å². The number of carbonyl (C=O) groups excluding carboxylic acids is 1. The zero-order chi connectivity index (χ0) is 17.7. The summed E-state index contributed by atoms with van der Waals surface area (Å²) in [4.78, 5) is 27.1. The second-order valence-corrected chi connectivity index (χ2v) is 6.28. The van der Waals surface area contributed by atoms with E-state index in [1.54, 1.807) is 35.2 Å². The second-order valence-electron chi connectivity index (χ2n) is 6.28. The highest BCUT2D eigenvalue weighted by molar-refractivity contribution is 5.93. The summed E-state index contributed by atoms with van der Waals surface area (Å²) in [5.74, 6) is 0.348. The number of amides is 1. The number of hydrogen-bond donors (Lipinski definition) is 1. The van der Waals surface area contributed by atoms with Gasteiger partial charge < -0.3 is 14.3 Å². The number of fused-ring (bicyclic) bond motifs is 2. The molecule has 0 aliphatic carbocycles. The third kappa shape index (κ3) is 2.15. The summed E-state index contributed by atoms with van der Waals surface area (Å²) in [6.45, 7) is 0.544. The third-order valence-electron chi connectivity index (χ3n) is 4.77. The lowest BCUT2D eigenvalue weighted by atomic mass is 10.0. The Morgan fingerprint density at radius 3 is 3.00 bits per heavy atom. The molecule has 4 aromatic rings. The molecule has 1 aromatic carbocycles. The SMILES string of the molecule is Cn1nccc1C(=O)N1CCc2[nH]cnc2[C@H]1c1nc2ccccc2o1. The van der Waals surface area contributed by atoms with E-state index in [1.807, 2.05) is 24.3 Å². The molecule has 1 amide bonds. The molecule has 5 rings (SSSR count). The van der Waals surface area contributed by atoms with Crippen LogP contribution in [0.25, 0.3) is 11.1 Å². The highest BCUT2D eigenvalue weighted by atomic mass is 16.3. The van der Waals surface area contributed by atoms with Gasteiger partial charge in [0, 0.05) is 31.9 Å². The summed E-state index contributed by atoms with van der Waals surface area (Å²) in [7, 11) is 1.76. The Morgan fingerprint density at radius 1 is 1.31 bits per heavy atom. The van der Waals surface area contributed by atoms with Gasteiger partial charge in [-0.2, -0.15) is 5.10 Å².